The molecular weight excluding hydrogens is 404 g/mol. The zero-order valence-corrected chi connectivity index (χ0v) is 17.5. The maximum absolute atomic E-state index is 13.4. The average Bonchev–Trinajstić information content (AvgIpc) is 3.19. The highest BCUT2D eigenvalue weighted by Gasteiger charge is 2.47. The van der Waals surface area contributed by atoms with Crippen LogP contribution in [-0.2, 0) is 19.2 Å². The van der Waals surface area contributed by atoms with Gasteiger partial charge >= 0.3 is 5.97 Å². The van der Waals surface area contributed by atoms with Crippen LogP contribution in [-0.4, -0.2) is 23.4 Å². The summed E-state index contributed by atoms with van der Waals surface area (Å²) in [6, 6.07) is 27.2. The minimum atomic E-state index is -1.12. The van der Waals surface area contributed by atoms with Crippen molar-refractivity contribution in [3.63, 3.8) is 0 Å². The second-order valence-corrected chi connectivity index (χ2v) is 7.61. The van der Waals surface area contributed by atoms with E-state index in [0.29, 0.717) is 22.5 Å². The van der Waals surface area contributed by atoms with E-state index in [0.717, 1.165) is 0 Å². The lowest BCUT2D eigenvalue weighted by Crippen LogP contribution is -2.40. The summed E-state index contributed by atoms with van der Waals surface area (Å²) in [7, 11) is 0. The highest BCUT2D eigenvalue weighted by molar-refractivity contribution is 6.16. The van der Waals surface area contributed by atoms with Gasteiger partial charge < -0.3 is 10.2 Å². The maximum Gasteiger partial charge on any atom is 0.344 e. The van der Waals surface area contributed by atoms with E-state index in [2.05, 4.69) is 10.5 Å². The maximum atomic E-state index is 13.4. The molecule has 0 fully saturated rings. The minimum Gasteiger partial charge on any atom is -0.325 e. The number of amides is 1. The Balaban J connectivity index is 1.79. The summed E-state index contributed by atoms with van der Waals surface area (Å²) >= 11 is 0. The van der Waals surface area contributed by atoms with Gasteiger partial charge in [0.15, 0.2) is 0 Å². The Morgan fingerprint density at radius 3 is 2.03 bits per heavy atom. The molecule has 160 valence electrons. The fraction of sp³-hybridized carbons (Fsp3) is 0.154. The number of hydrogen-bond donors (Lipinski definition) is 1. The zero-order chi connectivity index (χ0) is 22.5. The second kappa shape index (κ2) is 9.39. The Morgan fingerprint density at radius 2 is 1.44 bits per heavy atom. The minimum absolute atomic E-state index is 0.348. The van der Waals surface area contributed by atoms with Gasteiger partial charge in [0.05, 0.1) is 0 Å². The molecule has 3 atom stereocenters. The van der Waals surface area contributed by atoms with Crippen LogP contribution < -0.4 is 5.32 Å². The molecular formula is C26H22N2O4. The molecule has 0 aromatic heterocycles. The molecule has 3 aromatic rings. The number of oxime groups is 1. The second-order valence-electron chi connectivity index (χ2n) is 7.61. The SMILES string of the molecule is CC(=O)[C@@H](C(=O)Nc1ccccc1)[C@@H](c1ccccc1)[C@H]1C(=O)ON=C1c1ccccc1. The largest absolute Gasteiger partial charge is 0.344 e. The van der Waals surface area contributed by atoms with E-state index >= 15 is 0 Å². The van der Waals surface area contributed by atoms with Crippen LogP contribution in [0.2, 0.25) is 0 Å². The predicted octanol–water partition coefficient (Wildman–Crippen LogP) is 4.19. The highest BCUT2D eigenvalue weighted by Crippen LogP contribution is 2.39. The van der Waals surface area contributed by atoms with E-state index in [1.807, 2.05) is 66.7 Å². The summed E-state index contributed by atoms with van der Waals surface area (Å²) in [4.78, 5) is 44.2. The molecule has 32 heavy (non-hydrogen) atoms. The molecule has 0 aliphatic carbocycles. The van der Waals surface area contributed by atoms with Crippen molar-refractivity contribution < 1.29 is 19.2 Å². The Bertz CT molecular complexity index is 1140. The highest BCUT2D eigenvalue weighted by atomic mass is 16.7. The fourth-order valence-electron chi connectivity index (χ4n) is 4.07. The molecule has 0 radical (unpaired) electrons. The first-order valence-corrected chi connectivity index (χ1v) is 10.3. The Hall–Kier alpha value is -4.06. The van der Waals surface area contributed by atoms with Crippen molar-refractivity contribution in [3.8, 4) is 0 Å². The van der Waals surface area contributed by atoms with Gasteiger partial charge in [0.2, 0.25) is 5.91 Å². The van der Waals surface area contributed by atoms with Gasteiger partial charge in [-0.2, -0.15) is 0 Å². The molecule has 1 heterocycles. The third-order valence-corrected chi connectivity index (χ3v) is 5.52. The van der Waals surface area contributed by atoms with Crippen LogP contribution in [0.25, 0.3) is 0 Å². The summed E-state index contributed by atoms with van der Waals surface area (Å²) < 4.78 is 0. The van der Waals surface area contributed by atoms with E-state index in [1.165, 1.54) is 6.92 Å². The van der Waals surface area contributed by atoms with Crippen LogP contribution >= 0.6 is 0 Å². The number of benzene rings is 3. The van der Waals surface area contributed by atoms with E-state index in [1.54, 1.807) is 24.3 Å². The number of hydrogen-bond acceptors (Lipinski definition) is 5. The van der Waals surface area contributed by atoms with Gasteiger partial charge in [0.1, 0.15) is 23.3 Å². The van der Waals surface area contributed by atoms with Crippen LogP contribution in [0, 0.1) is 11.8 Å². The lowest BCUT2D eigenvalue weighted by Gasteiger charge is -2.28. The van der Waals surface area contributed by atoms with Crippen molar-refractivity contribution in [2.45, 2.75) is 12.8 Å². The monoisotopic (exact) mass is 426 g/mol. The molecule has 1 aliphatic heterocycles. The smallest absolute Gasteiger partial charge is 0.325 e. The predicted molar refractivity (Wildman–Crippen MR) is 121 cm³/mol. The summed E-state index contributed by atoms with van der Waals surface area (Å²) in [5, 5.41) is 6.84. The normalized spacial score (nSPS) is 17.1. The van der Waals surface area contributed by atoms with E-state index in [-0.39, 0.29) is 5.78 Å². The molecule has 1 aliphatic rings. The first-order chi connectivity index (χ1) is 15.6. The van der Waals surface area contributed by atoms with Crippen molar-refractivity contribution in [2.24, 2.45) is 17.0 Å². The summed E-state index contributed by atoms with van der Waals surface area (Å²) in [6.45, 7) is 1.37. The Morgan fingerprint density at radius 1 is 0.875 bits per heavy atom. The molecule has 1 amide bonds. The Labute approximate surface area is 185 Å². The third-order valence-electron chi connectivity index (χ3n) is 5.52. The third kappa shape index (κ3) is 4.34. The van der Waals surface area contributed by atoms with Gasteiger partial charge in [-0.05, 0) is 24.6 Å². The molecule has 6 heteroatoms. The van der Waals surface area contributed by atoms with Crippen molar-refractivity contribution >= 4 is 29.1 Å². The molecule has 4 rings (SSSR count). The molecule has 6 nitrogen and oxygen atoms in total. The number of nitrogens with zero attached hydrogens (tertiary/aromatic N) is 1. The average molecular weight is 426 g/mol. The van der Waals surface area contributed by atoms with Gasteiger partial charge in [-0.25, -0.2) is 4.79 Å². The van der Waals surface area contributed by atoms with Crippen LogP contribution in [0.4, 0.5) is 5.69 Å². The number of nitrogens with one attached hydrogen (secondary N) is 1. The molecule has 0 saturated carbocycles. The standard InChI is InChI=1S/C26H22N2O4/c1-17(29)21(25(30)27-20-15-9-4-10-16-20)22(18-11-5-2-6-12-18)23-24(28-32-26(23)31)19-13-7-3-8-14-19/h2-16,21-23H,1H3,(H,27,30)/t21-,22-,23-/m1/s1. The number of carbonyl (C=O) groups excluding carboxylic acids is 3. The van der Waals surface area contributed by atoms with Gasteiger partial charge in [-0.3, -0.25) is 9.59 Å². The quantitative estimate of drug-likeness (QED) is 0.453. The van der Waals surface area contributed by atoms with Gasteiger partial charge in [-0.15, -0.1) is 0 Å². The van der Waals surface area contributed by atoms with E-state index in [4.69, 9.17) is 4.84 Å². The fourth-order valence-corrected chi connectivity index (χ4v) is 4.07. The number of para-hydroxylation sites is 1. The van der Waals surface area contributed by atoms with Gasteiger partial charge in [-0.1, -0.05) is 84.0 Å². The lowest BCUT2D eigenvalue weighted by molar-refractivity contribution is -0.144. The first-order valence-electron chi connectivity index (χ1n) is 10.3. The number of anilines is 1. The van der Waals surface area contributed by atoms with Crippen molar-refractivity contribution in [1.82, 2.24) is 0 Å². The van der Waals surface area contributed by atoms with E-state index in [9.17, 15) is 14.4 Å². The van der Waals surface area contributed by atoms with E-state index < -0.39 is 29.6 Å². The van der Waals surface area contributed by atoms with Gasteiger partial charge in [0.25, 0.3) is 0 Å². The summed E-state index contributed by atoms with van der Waals surface area (Å²) in [5.41, 5.74) is 2.36. The van der Waals surface area contributed by atoms with Crippen LogP contribution in [0.1, 0.15) is 24.0 Å². The van der Waals surface area contributed by atoms with Gasteiger partial charge in [0, 0.05) is 17.2 Å². The van der Waals surface area contributed by atoms with Crippen LogP contribution in [0.15, 0.2) is 96.2 Å². The zero-order valence-electron chi connectivity index (χ0n) is 17.5. The summed E-state index contributed by atoms with van der Waals surface area (Å²) in [5.74, 6) is -4.23. The molecule has 0 unspecified atom stereocenters. The topological polar surface area (TPSA) is 84.8 Å². The number of rotatable bonds is 7. The molecule has 0 bridgehead atoms. The molecule has 3 aromatic carbocycles. The number of carbonyl (C=O) groups is 3. The molecule has 0 spiro atoms. The molecule has 1 N–H and O–H groups in total. The van der Waals surface area contributed by atoms with Crippen molar-refractivity contribution in [1.29, 1.82) is 0 Å². The Kier molecular flexibility index (Phi) is 6.22. The number of Topliss-reactive ketones (excluding diaryl/α,β-unsaturated/α-hetero) is 1. The molecule has 0 saturated heterocycles. The van der Waals surface area contributed by atoms with Crippen LogP contribution in [0.5, 0.6) is 0 Å². The van der Waals surface area contributed by atoms with Crippen molar-refractivity contribution in [3.05, 3.63) is 102 Å². The summed E-state index contributed by atoms with van der Waals surface area (Å²) in [6.07, 6.45) is 0. The lowest BCUT2D eigenvalue weighted by atomic mass is 9.72. The number of ketones is 1. The van der Waals surface area contributed by atoms with Crippen molar-refractivity contribution in [2.75, 3.05) is 5.32 Å². The van der Waals surface area contributed by atoms with Crippen LogP contribution in [0.3, 0.4) is 0 Å². The first kappa shape index (κ1) is 21.2.